The molecule has 1 aromatic carbocycles. The normalized spacial score (nSPS) is 20.1. The molecule has 15 heavy (non-hydrogen) atoms. The van der Waals surface area contributed by atoms with Crippen LogP contribution in [0.3, 0.4) is 0 Å². The van der Waals surface area contributed by atoms with Gasteiger partial charge >= 0.3 is 6.36 Å². The Morgan fingerprint density at radius 2 is 2.07 bits per heavy atom. The van der Waals surface area contributed by atoms with E-state index < -0.39 is 12.1 Å². The van der Waals surface area contributed by atoms with Crippen molar-refractivity contribution in [2.24, 2.45) is 0 Å². The fourth-order valence-corrected chi connectivity index (χ4v) is 1.39. The maximum absolute atomic E-state index is 11.9. The number of halogens is 4. The summed E-state index contributed by atoms with van der Waals surface area (Å²) in [5.41, 5.74) is 0.759. The standard InChI is InChI=1S/C9H6ClF3O2/c10-6-3-5(8-4-14-8)1-2-7(6)15-9(11,12)13/h1-3,8H,4H2/t8-/m0/s1. The molecule has 1 atom stereocenters. The van der Waals surface area contributed by atoms with Crippen molar-refractivity contribution < 1.29 is 22.6 Å². The van der Waals surface area contributed by atoms with Crippen LogP contribution < -0.4 is 4.74 Å². The van der Waals surface area contributed by atoms with Gasteiger partial charge in [0.15, 0.2) is 0 Å². The minimum absolute atomic E-state index is 0.0394. The summed E-state index contributed by atoms with van der Waals surface area (Å²) in [5.74, 6) is -0.395. The van der Waals surface area contributed by atoms with E-state index in [9.17, 15) is 13.2 Å². The lowest BCUT2D eigenvalue weighted by molar-refractivity contribution is -0.274. The highest BCUT2D eigenvalue weighted by Crippen LogP contribution is 2.36. The molecule has 1 heterocycles. The second-order valence-corrected chi connectivity index (χ2v) is 3.47. The van der Waals surface area contributed by atoms with Crippen LogP contribution in [0.4, 0.5) is 13.2 Å². The zero-order valence-corrected chi connectivity index (χ0v) is 8.10. The summed E-state index contributed by atoms with van der Waals surface area (Å²) >= 11 is 5.63. The molecule has 0 unspecified atom stereocenters. The molecule has 1 aromatic rings. The molecule has 6 heteroatoms. The van der Waals surface area contributed by atoms with Gasteiger partial charge in [0, 0.05) is 0 Å². The van der Waals surface area contributed by atoms with Gasteiger partial charge in [-0.1, -0.05) is 17.7 Å². The molecule has 0 saturated carbocycles. The van der Waals surface area contributed by atoms with E-state index in [0.29, 0.717) is 6.61 Å². The number of rotatable bonds is 2. The van der Waals surface area contributed by atoms with Crippen LogP contribution in [-0.4, -0.2) is 13.0 Å². The molecular weight excluding hydrogens is 233 g/mol. The molecule has 0 radical (unpaired) electrons. The number of hydrogen-bond donors (Lipinski definition) is 0. The van der Waals surface area contributed by atoms with Crippen molar-refractivity contribution in [1.29, 1.82) is 0 Å². The first-order valence-corrected chi connectivity index (χ1v) is 4.50. The predicted octanol–water partition coefficient (Wildman–Crippen LogP) is 3.31. The van der Waals surface area contributed by atoms with Crippen LogP contribution in [0.2, 0.25) is 5.02 Å². The smallest absolute Gasteiger partial charge is 0.404 e. The SMILES string of the molecule is FC(F)(F)Oc1ccc([C@@H]2CO2)cc1Cl. The second-order valence-electron chi connectivity index (χ2n) is 3.06. The fourth-order valence-electron chi connectivity index (χ4n) is 1.17. The number of epoxide rings is 1. The molecule has 1 aliphatic rings. The maximum Gasteiger partial charge on any atom is 0.573 e. The number of alkyl halides is 3. The topological polar surface area (TPSA) is 21.8 Å². The third-order valence-corrected chi connectivity index (χ3v) is 2.18. The van der Waals surface area contributed by atoms with Crippen molar-refractivity contribution in [3.8, 4) is 5.75 Å². The van der Waals surface area contributed by atoms with Gasteiger partial charge in [-0.15, -0.1) is 13.2 Å². The second kappa shape index (κ2) is 3.57. The van der Waals surface area contributed by atoms with Crippen molar-refractivity contribution in [2.75, 3.05) is 6.61 Å². The summed E-state index contributed by atoms with van der Waals surface area (Å²) in [7, 11) is 0. The zero-order valence-electron chi connectivity index (χ0n) is 7.34. The monoisotopic (exact) mass is 238 g/mol. The average molecular weight is 239 g/mol. The first-order valence-electron chi connectivity index (χ1n) is 4.12. The van der Waals surface area contributed by atoms with Crippen LogP contribution in [0.25, 0.3) is 0 Å². The fraction of sp³-hybridized carbons (Fsp3) is 0.333. The summed E-state index contributed by atoms with van der Waals surface area (Å²) in [4.78, 5) is 0. The molecule has 0 N–H and O–H groups in total. The maximum atomic E-state index is 11.9. The van der Waals surface area contributed by atoms with Crippen LogP contribution in [0.15, 0.2) is 18.2 Å². The first-order chi connectivity index (χ1) is 6.96. The molecule has 2 nitrogen and oxygen atoms in total. The minimum Gasteiger partial charge on any atom is -0.404 e. The molecule has 82 valence electrons. The summed E-state index contributed by atoms with van der Waals surface area (Å²) in [6, 6.07) is 4.11. The molecule has 0 aromatic heterocycles. The van der Waals surface area contributed by atoms with Crippen molar-refractivity contribution in [1.82, 2.24) is 0 Å². The van der Waals surface area contributed by atoms with Gasteiger partial charge in [-0.3, -0.25) is 0 Å². The number of benzene rings is 1. The first kappa shape index (κ1) is 10.6. The Morgan fingerprint density at radius 3 is 2.53 bits per heavy atom. The lowest BCUT2D eigenvalue weighted by Crippen LogP contribution is -2.17. The van der Waals surface area contributed by atoms with E-state index in [1.54, 1.807) is 0 Å². The van der Waals surface area contributed by atoms with E-state index >= 15 is 0 Å². The van der Waals surface area contributed by atoms with Gasteiger partial charge in [0.05, 0.1) is 11.6 Å². The third kappa shape index (κ3) is 2.76. The van der Waals surface area contributed by atoms with Gasteiger partial charge in [0.25, 0.3) is 0 Å². The van der Waals surface area contributed by atoms with E-state index in [1.807, 2.05) is 0 Å². The molecule has 1 fully saturated rings. The molecule has 0 aliphatic carbocycles. The Bertz CT molecular complexity index is 374. The molecule has 0 spiro atoms. The van der Waals surface area contributed by atoms with Crippen LogP contribution in [0, 0.1) is 0 Å². The molecule has 1 saturated heterocycles. The van der Waals surface area contributed by atoms with Gasteiger partial charge < -0.3 is 9.47 Å². The number of hydrogen-bond acceptors (Lipinski definition) is 2. The van der Waals surface area contributed by atoms with Gasteiger partial charge in [-0.2, -0.15) is 0 Å². The van der Waals surface area contributed by atoms with E-state index in [2.05, 4.69) is 4.74 Å². The van der Waals surface area contributed by atoms with Crippen LogP contribution in [0.1, 0.15) is 11.7 Å². The van der Waals surface area contributed by atoms with E-state index in [1.165, 1.54) is 18.2 Å². The lowest BCUT2D eigenvalue weighted by Gasteiger charge is -2.10. The quantitative estimate of drug-likeness (QED) is 0.738. The molecule has 2 rings (SSSR count). The Morgan fingerprint density at radius 1 is 1.40 bits per heavy atom. The summed E-state index contributed by atoms with van der Waals surface area (Å²) in [6.07, 6.45) is -4.76. The van der Waals surface area contributed by atoms with Crippen molar-refractivity contribution in [3.63, 3.8) is 0 Å². The van der Waals surface area contributed by atoms with E-state index in [0.717, 1.165) is 5.56 Å². The minimum atomic E-state index is -4.72. The van der Waals surface area contributed by atoms with E-state index in [4.69, 9.17) is 16.3 Å². The predicted molar refractivity (Wildman–Crippen MR) is 46.8 cm³/mol. The highest BCUT2D eigenvalue weighted by atomic mass is 35.5. The van der Waals surface area contributed by atoms with Crippen LogP contribution in [0.5, 0.6) is 5.75 Å². The highest BCUT2D eigenvalue weighted by Gasteiger charge is 2.32. The molecule has 0 bridgehead atoms. The van der Waals surface area contributed by atoms with Gasteiger partial charge in [-0.05, 0) is 17.7 Å². The molecular formula is C9H6ClF3O2. The van der Waals surface area contributed by atoms with Crippen molar-refractivity contribution in [2.45, 2.75) is 12.5 Å². The van der Waals surface area contributed by atoms with Crippen LogP contribution >= 0.6 is 11.6 Å². The summed E-state index contributed by atoms with van der Waals surface area (Å²) in [5, 5.41) is -0.0691. The van der Waals surface area contributed by atoms with Crippen LogP contribution in [-0.2, 0) is 4.74 Å². The Hall–Kier alpha value is -0.940. The average Bonchev–Trinajstić information content (AvgIpc) is 2.89. The molecule has 0 amide bonds. The zero-order chi connectivity index (χ0) is 11.1. The number of ether oxygens (including phenoxy) is 2. The van der Waals surface area contributed by atoms with Gasteiger partial charge in [0.1, 0.15) is 11.9 Å². The Balaban J connectivity index is 2.18. The highest BCUT2D eigenvalue weighted by molar-refractivity contribution is 6.32. The summed E-state index contributed by atoms with van der Waals surface area (Å²) < 4.78 is 44.3. The van der Waals surface area contributed by atoms with Gasteiger partial charge in [0.2, 0.25) is 0 Å². The Kier molecular flexibility index (Phi) is 2.52. The van der Waals surface area contributed by atoms with Crippen molar-refractivity contribution in [3.05, 3.63) is 28.8 Å². The lowest BCUT2D eigenvalue weighted by atomic mass is 10.1. The van der Waals surface area contributed by atoms with Crippen molar-refractivity contribution >= 4 is 11.6 Å². The summed E-state index contributed by atoms with van der Waals surface area (Å²) in [6.45, 7) is 0.579. The Labute approximate surface area is 88.5 Å². The van der Waals surface area contributed by atoms with Gasteiger partial charge in [-0.25, -0.2) is 0 Å². The third-order valence-electron chi connectivity index (χ3n) is 1.89. The molecule has 1 aliphatic heterocycles. The largest absolute Gasteiger partial charge is 0.573 e. The van der Waals surface area contributed by atoms with E-state index in [-0.39, 0.29) is 11.1 Å².